The summed E-state index contributed by atoms with van der Waals surface area (Å²) in [4.78, 5) is 12.4. The molecule has 0 saturated heterocycles. The summed E-state index contributed by atoms with van der Waals surface area (Å²) >= 11 is 0. The number of aromatic nitrogens is 2. The number of Topliss-reactive ketones (excluding diaryl/α,β-unsaturated/α-hetero) is 1. The maximum atomic E-state index is 13.6. The van der Waals surface area contributed by atoms with Gasteiger partial charge in [0.05, 0.1) is 5.41 Å². The standard InChI is InChI=1S/C24H23FN2O4/c1-15-4-3-5-19(8-15)30-22-27-26-21(31-22)24-12-23(13-24,14-24)10-17(28)11-29-18-7-6-16(2)20(25)9-18/h3-9H,10-14H2,1-2H3. The highest BCUT2D eigenvalue weighted by Crippen LogP contribution is 2.74. The van der Waals surface area contributed by atoms with E-state index in [1.807, 2.05) is 31.2 Å². The van der Waals surface area contributed by atoms with Crippen molar-refractivity contribution >= 4 is 5.78 Å². The number of carbonyl (C=O) groups excluding carboxylic acids is 1. The number of nitrogens with zero attached hydrogens (tertiary/aromatic N) is 2. The average molecular weight is 422 g/mol. The summed E-state index contributed by atoms with van der Waals surface area (Å²) in [7, 11) is 0. The fraction of sp³-hybridized carbons (Fsp3) is 0.375. The Morgan fingerprint density at radius 3 is 2.65 bits per heavy atom. The number of hydrogen-bond acceptors (Lipinski definition) is 6. The molecule has 0 spiro atoms. The van der Waals surface area contributed by atoms with Gasteiger partial charge < -0.3 is 13.9 Å². The molecule has 160 valence electrons. The number of ether oxygens (including phenoxy) is 2. The second-order valence-electron chi connectivity index (χ2n) is 9.02. The molecule has 0 radical (unpaired) electrons. The molecule has 3 saturated carbocycles. The molecule has 0 N–H and O–H groups in total. The predicted molar refractivity (Wildman–Crippen MR) is 110 cm³/mol. The van der Waals surface area contributed by atoms with Crippen LogP contribution >= 0.6 is 0 Å². The van der Waals surface area contributed by atoms with Crippen LogP contribution in [0.3, 0.4) is 0 Å². The lowest BCUT2D eigenvalue weighted by atomic mass is 9.34. The van der Waals surface area contributed by atoms with E-state index >= 15 is 0 Å². The van der Waals surface area contributed by atoms with E-state index in [1.165, 1.54) is 6.07 Å². The van der Waals surface area contributed by atoms with Crippen molar-refractivity contribution in [3.8, 4) is 17.6 Å². The minimum atomic E-state index is -0.336. The molecular weight excluding hydrogens is 399 g/mol. The largest absolute Gasteiger partial charge is 0.486 e. The Balaban J connectivity index is 1.13. The summed E-state index contributed by atoms with van der Waals surface area (Å²) in [6, 6.07) is 12.3. The summed E-state index contributed by atoms with van der Waals surface area (Å²) in [6.07, 6.45) is 3.11. The molecule has 6 rings (SSSR count). The van der Waals surface area contributed by atoms with Crippen LogP contribution < -0.4 is 9.47 Å². The zero-order valence-corrected chi connectivity index (χ0v) is 17.5. The van der Waals surface area contributed by atoms with Crippen molar-refractivity contribution in [2.45, 2.75) is 44.9 Å². The Hall–Kier alpha value is -3.22. The molecule has 0 aliphatic heterocycles. The maximum absolute atomic E-state index is 13.6. The lowest BCUT2D eigenvalue weighted by molar-refractivity contribution is -0.168. The Kier molecular flexibility index (Phi) is 4.57. The molecule has 0 atom stereocenters. The van der Waals surface area contributed by atoms with Crippen molar-refractivity contribution in [3.63, 3.8) is 0 Å². The van der Waals surface area contributed by atoms with Crippen molar-refractivity contribution in [2.24, 2.45) is 5.41 Å². The van der Waals surface area contributed by atoms with Crippen LogP contribution in [0, 0.1) is 25.1 Å². The summed E-state index contributed by atoms with van der Waals surface area (Å²) in [6.45, 7) is 3.62. The van der Waals surface area contributed by atoms with Crippen LogP contribution in [-0.4, -0.2) is 22.6 Å². The van der Waals surface area contributed by atoms with Gasteiger partial charge in [-0.3, -0.25) is 4.79 Å². The van der Waals surface area contributed by atoms with Crippen molar-refractivity contribution in [1.29, 1.82) is 0 Å². The highest BCUT2D eigenvalue weighted by Gasteiger charge is 2.71. The highest BCUT2D eigenvalue weighted by molar-refractivity contribution is 5.81. The summed E-state index contributed by atoms with van der Waals surface area (Å²) in [5.41, 5.74) is 1.49. The third-order valence-electron chi connectivity index (χ3n) is 6.31. The molecule has 2 aromatic carbocycles. The normalized spacial score (nSPS) is 23.6. The second-order valence-corrected chi connectivity index (χ2v) is 9.02. The Labute approximate surface area is 179 Å². The quantitative estimate of drug-likeness (QED) is 0.504. The van der Waals surface area contributed by atoms with E-state index in [-0.39, 0.29) is 35.1 Å². The molecule has 7 heteroatoms. The first-order chi connectivity index (χ1) is 14.8. The molecule has 3 aromatic rings. The summed E-state index contributed by atoms with van der Waals surface area (Å²) in [5.74, 6) is 1.29. The van der Waals surface area contributed by atoms with E-state index in [9.17, 15) is 9.18 Å². The zero-order chi connectivity index (χ0) is 21.6. The van der Waals surface area contributed by atoms with E-state index in [0.29, 0.717) is 29.4 Å². The van der Waals surface area contributed by atoms with Gasteiger partial charge in [-0.25, -0.2) is 4.39 Å². The smallest absolute Gasteiger partial charge is 0.420 e. The molecule has 0 unspecified atom stereocenters. The molecule has 6 nitrogen and oxygen atoms in total. The van der Waals surface area contributed by atoms with Gasteiger partial charge in [0, 0.05) is 12.5 Å². The molecule has 2 bridgehead atoms. The van der Waals surface area contributed by atoms with Gasteiger partial charge in [0.15, 0.2) is 5.78 Å². The predicted octanol–water partition coefficient (Wildman–Crippen LogP) is 5.08. The minimum Gasteiger partial charge on any atom is -0.486 e. The first kappa shape index (κ1) is 19.7. The zero-order valence-electron chi connectivity index (χ0n) is 17.5. The maximum Gasteiger partial charge on any atom is 0.420 e. The molecular formula is C24H23FN2O4. The van der Waals surface area contributed by atoms with Gasteiger partial charge in [-0.2, -0.15) is 0 Å². The van der Waals surface area contributed by atoms with Gasteiger partial charge in [0.1, 0.15) is 23.9 Å². The first-order valence-corrected chi connectivity index (χ1v) is 10.3. The monoisotopic (exact) mass is 422 g/mol. The number of benzene rings is 2. The van der Waals surface area contributed by atoms with Crippen LogP contribution in [0.1, 0.15) is 42.7 Å². The van der Waals surface area contributed by atoms with Crippen LogP contribution in [-0.2, 0) is 10.2 Å². The van der Waals surface area contributed by atoms with E-state index in [1.54, 1.807) is 19.1 Å². The summed E-state index contributed by atoms with van der Waals surface area (Å²) in [5, 5.41) is 8.20. The SMILES string of the molecule is Cc1cccc(Oc2nnc(C34CC(CC(=O)COc5ccc(C)c(F)c5)(C3)C4)o2)c1. The topological polar surface area (TPSA) is 74.5 Å². The third kappa shape index (κ3) is 3.69. The number of halogens is 1. The van der Waals surface area contributed by atoms with Gasteiger partial charge in [0.25, 0.3) is 0 Å². The van der Waals surface area contributed by atoms with E-state index in [2.05, 4.69) is 10.2 Å². The summed E-state index contributed by atoms with van der Waals surface area (Å²) < 4.78 is 30.5. The number of aryl methyl sites for hydroxylation is 2. The van der Waals surface area contributed by atoms with Crippen molar-refractivity contribution < 1.29 is 23.1 Å². The van der Waals surface area contributed by atoms with Crippen LogP contribution in [0.25, 0.3) is 0 Å². The first-order valence-electron chi connectivity index (χ1n) is 10.3. The Morgan fingerprint density at radius 1 is 1.10 bits per heavy atom. The van der Waals surface area contributed by atoms with E-state index in [4.69, 9.17) is 13.9 Å². The molecule has 3 fully saturated rings. The average Bonchev–Trinajstić information content (AvgIpc) is 3.12. The van der Waals surface area contributed by atoms with Crippen molar-refractivity contribution in [3.05, 3.63) is 65.3 Å². The lowest BCUT2D eigenvalue weighted by Gasteiger charge is -2.68. The molecule has 1 heterocycles. The Bertz CT molecular complexity index is 1140. The van der Waals surface area contributed by atoms with Crippen LogP contribution in [0.4, 0.5) is 4.39 Å². The van der Waals surface area contributed by atoms with Crippen LogP contribution in [0.2, 0.25) is 0 Å². The molecule has 3 aliphatic carbocycles. The number of rotatable bonds is 8. The van der Waals surface area contributed by atoms with Gasteiger partial charge in [-0.05, 0) is 67.9 Å². The Morgan fingerprint density at radius 2 is 1.90 bits per heavy atom. The third-order valence-corrected chi connectivity index (χ3v) is 6.31. The minimum absolute atomic E-state index is 0.00893. The van der Waals surface area contributed by atoms with Crippen LogP contribution in [0.15, 0.2) is 46.9 Å². The number of ketones is 1. The fourth-order valence-electron chi connectivity index (χ4n) is 4.95. The number of hydrogen-bond donors (Lipinski definition) is 0. The second kappa shape index (κ2) is 7.18. The fourth-order valence-corrected chi connectivity index (χ4v) is 4.95. The van der Waals surface area contributed by atoms with Gasteiger partial charge in [-0.15, -0.1) is 5.10 Å². The molecule has 1 aromatic heterocycles. The van der Waals surface area contributed by atoms with E-state index < -0.39 is 0 Å². The molecule has 0 amide bonds. The van der Waals surface area contributed by atoms with Crippen LogP contribution in [0.5, 0.6) is 17.6 Å². The van der Waals surface area contributed by atoms with Crippen molar-refractivity contribution in [2.75, 3.05) is 6.61 Å². The molecule has 3 aliphatic rings. The van der Waals surface area contributed by atoms with Gasteiger partial charge >= 0.3 is 6.08 Å². The highest BCUT2D eigenvalue weighted by atomic mass is 19.1. The lowest BCUT2D eigenvalue weighted by Crippen LogP contribution is -2.65. The number of carbonyl (C=O) groups is 1. The van der Waals surface area contributed by atoms with E-state index in [0.717, 1.165) is 24.8 Å². The van der Waals surface area contributed by atoms with Gasteiger partial charge in [-0.1, -0.05) is 23.3 Å². The molecule has 31 heavy (non-hydrogen) atoms. The van der Waals surface area contributed by atoms with Gasteiger partial charge in [0.2, 0.25) is 5.89 Å². The van der Waals surface area contributed by atoms with Crippen molar-refractivity contribution in [1.82, 2.24) is 10.2 Å².